The maximum atomic E-state index is 12.7. The van der Waals surface area contributed by atoms with Crippen LogP contribution in [0.25, 0.3) is 0 Å². The highest BCUT2D eigenvalue weighted by molar-refractivity contribution is 7.92. The standard InChI is InChI=1S/C16H16N2O5S/c1-22-12-4-6-14(23-2)15(9-12)24(20,21)18-11-3-5-13-10(7-11)8-16(19)17-13/h3-7,9,18H,8H2,1-2H3,(H,17,19). The van der Waals surface area contributed by atoms with Crippen LogP contribution in [0.1, 0.15) is 5.56 Å². The number of amides is 1. The fraction of sp³-hybridized carbons (Fsp3) is 0.188. The van der Waals surface area contributed by atoms with E-state index in [-0.39, 0.29) is 23.0 Å². The summed E-state index contributed by atoms with van der Waals surface area (Å²) in [6.07, 6.45) is 0.230. The van der Waals surface area contributed by atoms with Crippen molar-refractivity contribution in [1.82, 2.24) is 0 Å². The molecule has 0 aromatic heterocycles. The van der Waals surface area contributed by atoms with Gasteiger partial charge in [-0.05, 0) is 35.9 Å². The summed E-state index contributed by atoms with van der Waals surface area (Å²) in [4.78, 5) is 11.4. The maximum Gasteiger partial charge on any atom is 0.265 e. The number of carbonyl (C=O) groups excluding carboxylic acids is 1. The Labute approximate surface area is 139 Å². The van der Waals surface area contributed by atoms with Crippen molar-refractivity contribution in [3.63, 3.8) is 0 Å². The number of hydrogen-bond donors (Lipinski definition) is 2. The quantitative estimate of drug-likeness (QED) is 0.862. The Hall–Kier alpha value is -2.74. The zero-order valence-corrected chi connectivity index (χ0v) is 13.9. The Kier molecular flexibility index (Phi) is 4.06. The van der Waals surface area contributed by atoms with E-state index in [1.165, 1.54) is 26.4 Å². The van der Waals surface area contributed by atoms with Gasteiger partial charge in [0.05, 0.1) is 20.6 Å². The van der Waals surface area contributed by atoms with Crippen molar-refractivity contribution in [2.24, 2.45) is 0 Å². The first-order valence-electron chi connectivity index (χ1n) is 7.10. The van der Waals surface area contributed by atoms with Crippen LogP contribution in [0.2, 0.25) is 0 Å². The second-order valence-corrected chi connectivity index (χ2v) is 6.87. The summed E-state index contributed by atoms with van der Waals surface area (Å²) in [7, 11) is -1.03. The Balaban J connectivity index is 1.95. The number of fused-ring (bicyclic) bond motifs is 1. The average molecular weight is 348 g/mol. The fourth-order valence-electron chi connectivity index (χ4n) is 2.50. The van der Waals surface area contributed by atoms with Gasteiger partial charge in [-0.15, -0.1) is 0 Å². The van der Waals surface area contributed by atoms with Crippen molar-refractivity contribution in [1.29, 1.82) is 0 Å². The molecule has 0 atom stereocenters. The van der Waals surface area contributed by atoms with Gasteiger partial charge in [0.25, 0.3) is 10.0 Å². The smallest absolute Gasteiger partial charge is 0.265 e. The molecule has 0 radical (unpaired) electrons. The van der Waals surface area contributed by atoms with Crippen molar-refractivity contribution in [3.05, 3.63) is 42.0 Å². The van der Waals surface area contributed by atoms with Crippen LogP contribution in [-0.2, 0) is 21.2 Å². The van der Waals surface area contributed by atoms with E-state index in [2.05, 4.69) is 10.0 Å². The van der Waals surface area contributed by atoms with Crippen molar-refractivity contribution in [2.75, 3.05) is 24.3 Å². The molecule has 2 N–H and O–H groups in total. The van der Waals surface area contributed by atoms with Crippen molar-refractivity contribution in [2.45, 2.75) is 11.3 Å². The van der Waals surface area contributed by atoms with Crippen LogP contribution in [0.3, 0.4) is 0 Å². The molecule has 2 aromatic carbocycles. The van der Waals surface area contributed by atoms with Gasteiger partial charge in [-0.25, -0.2) is 8.42 Å². The molecule has 1 amide bonds. The molecule has 2 aromatic rings. The average Bonchev–Trinajstić information content (AvgIpc) is 2.93. The summed E-state index contributed by atoms with van der Waals surface area (Å²) in [6, 6.07) is 9.43. The molecule has 126 valence electrons. The lowest BCUT2D eigenvalue weighted by molar-refractivity contribution is -0.115. The molecule has 1 heterocycles. The van der Waals surface area contributed by atoms with Crippen LogP contribution in [-0.4, -0.2) is 28.5 Å². The molecule has 24 heavy (non-hydrogen) atoms. The van der Waals surface area contributed by atoms with E-state index in [1.807, 2.05) is 0 Å². The van der Waals surface area contributed by atoms with Gasteiger partial charge in [-0.1, -0.05) is 0 Å². The van der Waals surface area contributed by atoms with E-state index in [0.717, 1.165) is 5.56 Å². The first-order chi connectivity index (χ1) is 11.4. The largest absolute Gasteiger partial charge is 0.497 e. The van der Waals surface area contributed by atoms with E-state index < -0.39 is 10.0 Å². The van der Waals surface area contributed by atoms with Gasteiger partial charge in [0.15, 0.2) is 0 Å². The summed E-state index contributed by atoms with van der Waals surface area (Å²) >= 11 is 0. The minimum absolute atomic E-state index is 0.0287. The van der Waals surface area contributed by atoms with Crippen LogP contribution in [0, 0.1) is 0 Å². The summed E-state index contributed by atoms with van der Waals surface area (Å²) < 4.78 is 38.1. The molecule has 3 rings (SSSR count). The third-order valence-corrected chi connectivity index (χ3v) is 5.05. The van der Waals surface area contributed by atoms with Crippen molar-refractivity contribution in [3.8, 4) is 11.5 Å². The minimum atomic E-state index is -3.88. The molecule has 0 unspecified atom stereocenters. The molecular weight excluding hydrogens is 332 g/mol. The van der Waals surface area contributed by atoms with Gasteiger partial charge in [0.1, 0.15) is 16.4 Å². The van der Waals surface area contributed by atoms with Crippen LogP contribution in [0.15, 0.2) is 41.3 Å². The molecule has 0 fully saturated rings. The molecule has 1 aliphatic rings. The Bertz CT molecular complexity index is 909. The number of ether oxygens (including phenoxy) is 2. The van der Waals surface area contributed by atoms with Gasteiger partial charge < -0.3 is 14.8 Å². The predicted molar refractivity (Wildman–Crippen MR) is 89.1 cm³/mol. The number of benzene rings is 2. The van der Waals surface area contributed by atoms with Crippen LogP contribution >= 0.6 is 0 Å². The van der Waals surface area contributed by atoms with Crippen LogP contribution in [0.5, 0.6) is 11.5 Å². The lowest BCUT2D eigenvalue weighted by atomic mass is 10.1. The number of nitrogens with one attached hydrogen (secondary N) is 2. The van der Waals surface area contributed by atoms with Crippen LogP contribution < -0.4 is 19.5 Å². The molecule has 7 nitrogen and oxygen atoms in total. The zero-order valence-electron chi connectivity index (χ0n) is 13.1. The first-order valence-corrected chi connectivity index (χ1v) is 8.59. The van der Waals surface area contributed by atoms with E-state index in [9.17, 15) is 13.2 Å². The lowest BCUT2D eigenvalue weighted by Gasteiger charge is -2.13. The minimum Gasteiger partial charge on any atom is -0.497 e. The van der Waals surface area contributed by atoms with E-state index in [0.29, 0.717) is 17.1 Å². The third-order valence-electron chi connectivity index (χ3n) is 3.64. The highest BCUT2D eigenvalue weighted by Crippen LogP contribution is 2.31. The normalized spacial score (nSPS) is 13.2. The second-order valence-electron chi connectivity index (χ2n) is 5.22. The summed E-state index contributed by atoms with van der Waals surface area (Å²) in [5.41, 5.74) is 1.81. The second kappa shape index (κ2) is 6.04. The molecule has 0 spiro atoms. The van der Waals surface area contributed by atoms with Gasteiger partial charge in [0.2, 0.25) is 5.91 Å². The van der Waals surface area contributed by atoms with Gasteiger partial charge in [-0.2, -0.15) is 0 Å². The zero-order chi connectivity index (χ0) is 17.3. The Morgan fingerprint density at radius 2 is 1.88 bits per heavy atom. The number of methoxy groups -OCH3 is 2. The van der Waals surface area contributed by atoms with E-state index in [1.54, 1.807) is 24.3 Å². The van der Waals surface area contributed by atoms with Crippen molar-refractivity contribution >= 4 is 27.3 Å². The lowest BCUT2D eigenvalue weighted by Crippen LogP contribution is -2.14. The van der Waals surface area contributed by atoms with Crippen molar-refractivity contribution < 1.29 is 22.7 Å². The van der Waals surface area contributed by atoms with Crippen LogP contribution in [0.4, 0.5) is 11.4 Å². The SMILES string of the molecule is COc1ccc(OC)c(S(=O)(=O)Nc2ccc3c(c2)CC(=O)N3)c1. The number of sulfonamides is 1. The third kappa shape index (κ3) is 3.00. The fourth-order valence-corrected chi connectivity index (χ4v) is 3.73. The van der Waals surface area contributed by atoms with Gasteiger partial charge in [0, 0.05) is 17.4 Å². The highest BCUT2D eigenvalue weighted by atomic mass is 32.2. The number of carbonyl (C=O) groups is 1. The Morgan fingerprint density at radius 3 is 2.58 bits per heavy atom. The molecule has 1 aliphatic heterocycles. The summed E-state index contributed by atoms with van der Waals surface area (Å²) in [6.45, 7) is 0. The summed E-state index contributed by atoms with van der Waals surface area (Å²) in [5.74, 6) is 0.501. The Morgan fingerprint density at radius 1 is 1.08 bits per heavy atom. The molecular formula is C16H16N2O5S. The number of rotatable bonds is 5. The van der Waals surface area contributed by atoms with E-state index in [4.69, 9.17) is 9.47 Å². The topological polar surface area (TPSA) is 93.7 Å². The highest BCUT2D eigenvalue weighted by Gasteiger charge is 2.23. The molecule has 0 aliphatic carbocycles. The molecule has 0 bridgehead atoms. The number of hydrogen-bond acceptors (Lipinski definition) is 5. The molecule has 0 saturated carbocycles. The monoisotopic (exact) mass is 348 g/mol. The van der Waals surface area contributed by atoms with E-state index >= 15 is 0 Å². The molecule has 0 saturated heterocycles. The number of anilines is 2. The van der Waals surface area contributed by atoms with Gasteiger partial charge in [-0.3, -0.25) is 9.52 Å². The van der Waals surface area contributed by atoms with Gasteiger partial charge >= 0.3 is 0 Å². The predicted octanol–water partition coefficient (Wildman–Crippen LogP) is 2.00. The first kappa shape index (κ1) is 16.1. The summed E-state index contributed by atoms with van der Waals surface area (Å²) in [5, 5.41) is 2.70. The molecule has 8 heteroatoms. The maximum absolute atomic E-state index is 12.7.